The summed E-state index contributed by atoms with van der Waals surface area (Å²) in [7, 11) is -2.91. The molecule has 1 unspecified atom stereocenters. The number of sulfonamides is 1. The van der Waals surface area contributed by atoms with Crippen molar-refractivity contribution in [3.05, 3.63) is 29.6 Å². The Morgan fingerprint density at radius 1 is 1.50 bits per heavy atom. The highest BCUT2D eigenvalue weighted by Crippen LogP contribution is 2.20. The molecule has 1 atom stereocenters. The first-order chi connectivity index (χ1) is 10.5. The highest BCUT2D eigenvalue weighted by Gasteiger charge is 2.27. The van der Waals surface area contributed by atoms with Gasteiger partial charge in [0.2, 0.25) is 10.0 Å². The molecule has 1 saturated heterocycles. The van der Waals surface area contributed by atoms with Gasteiger partial charge >= 0.3 is 5.97 Å². The zero-order valence-corrected chi connectivity index (χ0v) is 13.1. The molecule has 1 fully saturated rings. The second-order valence-corrected chi connectivity index (χ2v) is 6.90. The second kappa shape index (κ2) is 7.17. The van der Waals surface area contributed by atoms with Crippen LogP contribution < -0.4 is 10.0 Å². The van der Waals surface area contributed by atoms with Crippen molar-refractivity contribution in [2.24, 2.45) is 5.92 Å². The molecule has 0 saturated carbocycles. The zero-order chi connectivity index (χ0) is 16.2. The molecular formula is C14H19FN2O4S. The molecular weight excluding hydrogens is 311 g/mol. The van der Waals surface area contributed by atoms with Gasteiger partial charge in [0.05, 0.1) is 12.0 Å². The summed E-state index contributed by atoms with van der Waals surface area (Å²) in [5.41, 5.74) is -0.570. The van der Waals surface area contributed by atoms with Gasteiger partial charge in [-0.15, -0.1) is 0 Å². The molecule has 1 aliphatic heterocycles. The molecule has 1 aromatic rings. The summed E-state index contributed by atoms with van der Waals surface area (Å²) in [6.45, 7) is 1.90. The molecule has 2 rings (SSSR count). The molecule has 2 N–H and O–H groups in total. The molecule has 1 heterocycles. The standard InChI is InChI=1S/C14H19FN2O4S/c1-21-14(18)13-11(15)5-2-6-12(13)22(19,20)17-9-10-4-3-7-16-8-10/h2,5-6,10,16-17H,3-4,7-9H2,1H3. The van der Waals surface area contributed by atoms with Crippen LogP contribution in [0.2, 0.25) is 0 Å². The van der Waals surface area contributed by atoms with E-state index in [1.165, 1.54) is 12.1 Å². The lowest BCUT2D eigenvalue weighted by Crippen LogP contribution is -2.38. The van der Waals surface area contributed by atoms with Crippen molar-refractivity contribution < 1.29 is 22.3 Å². The van der Waals surface area contributed by atoms with Gasteiger partial charge in [-0.3, -0.25) is 0 Å². The fourth-order valence-corrected chi connectivity index (χ4v) is 3.75. The summed E-state index contributed by atoms with van der Waals surface area (Å²) in [6, 6.07) is 3.46. The minimum absolute atomic E-state index is 0.179. The maximum absolute atomic E-state index is 13.8. The Balaban J connectivity index is 2.21. The van der Waals surface area contributed by atoms with Crippen LogP contribution in [0.5, 0.6) is 0 Å². The largest absolute Gasteiger partial charge is 0.465 e. The predicted molar refractivity (Wildman–Crippen MR) is 78.5 cm³/mol. The van der Waals surface area contributed by atoms with Gasteiger partial charge in [0.15, 0.2) is 0 Å². The molecule has 0 aliphatic carbocycles. The highest BCUT2D eigenvalue weighted by atomic mass is 32.2. The molecule has 1 aliphatic rings. The summed E-state index contributed by atoms with van der Waals surface area (Å²) in [6.07, 6.45) is 1.91. The molecule has 8 heteroatoms. The fraction of sp³-hybridized carbons (Fsp3) is 0.500. The topological polar surface area (TPSA) is 84.5 Å². The van der Waals surface area contributed by atoms with Crippen LogP contribution in [0.1, 0.15) is 23.2 Å². The van der Waals surface area contributed by atoms with Crippen LogP contribution in [-0.4, -0.2) is 41.1 Å². The van der Waals surface area contributed by atoms with Crippen molar-refractivity contribution in [2.75, 3.05) is 26.7 Å². The molecule has 22 heavy (non-hydrogen) atoms. The molecule has 6 nitrogen and oxygen atoms in total. The number of hydrogen-bond acceptors (Lipinski definition) is 5. The molecule has 0 spiro atoms. The van der Waals surface area contributed by atoms with Crippen LogP contribution in [0.15, 0.2) is 23.1 Å². The van der Waals surface area contributed by atoms with Gasteiger partial charge in [-0.05, 0) is 44.0 Å². The Hall–Kier alpha value is -1.51. The number of methoxy groups -OCH3 is 1. The SMILES string of the molecule is COC(=O)c1c(F)cccc1S(=O)(=O)NCC1CCCNC1. The molecule has 122 valence electrons. The number of esters is 1. The summed E-state index contributed by atoms with van der Waals surface area (Å²) < 4.78 is 45.4. The van der Waals surface area contributed by atoms with E-state index in [0.717, 1.165) is 39.1 Å². The average molecular weight is 330 g/mol. The number of nitrogens with one attached hydrogen (secondary N) is 2. The second-order valence-electron chi connectivity index (χ2n) is 5.17. The average Bonchev–Trinajstić information content (AvgIpc) is 2.53. The van der Waals surface area contributed by atoms with Gasteiger partial charge in [0.25, 0.3) is 0 Å². The molecule has 0 amide bonds. The maximum Gasteiger partial charge on any atom is 0.342 e. The fourth-order valence-electron chi connectivity index (χ4n) is 2.43. The minimum Gasteiger partial charge on any atom is -0.465 e. The van der Waals surface area contributed by atoms with Crippen molar-refractivity contribution >= 4 is 16.0 Å². The maximum atomic E-state index is 13.8. The van der Waals surface area contributed by atoms with E-state index in [1.807, 2.05) is 0 Å². The number of halogens is 1. The van der Waals surface area contributed by atoms with E-state index in [2.05, 4.69) is 14.8 Å². The number of carbonyl (C=O) groups is 1. The lowest BCUT2D eigenvalue weighted by atomic mass is 10.0. The monoisotopic (exact) mass is 330 g/mol. The molecule has 1 aromatic carbocycles. The Kier molecular flexibility index (Phi) is 5.49. The number of benzene rings is 1. The molecule has 0 radical (unpaired) electrons. The summed E-state index contributed by atoms with van der Waals surface area (Å²) >= 11 is 0. The predicted octanol–water partition coefficient (Wildman–Crippen LogP) is 0.890. The van der Waals surface area contributed by atoms with Gasteiger partial charge in [-0.1, -0.05) is 6.07 Å². The van der Waals surface area contributed by atoms with Crippen LogP contribution in [0.4, 0.5) is 4.39 Å². The minimum atomic E-state index is -3.99. The summed E-state index contributed by atoms with van der Waals surface area (Å²) in [5, 5.41) is 3.19. The van der Waals surface area contributed by atoms with E-state index in [-0.39, 0.29) is 12.5 Å². The van der Waals surface area contributed by atoms with E-state index < -0.39 is 32.3 Å². The molecule has 0 aromatic heterocycles. The Labute approximate surface area is 129 Å². The van der Waals surface area contributed by atoms with Crippen molar-refractivity contribution in [3.8, 4) is 0 Å². The van der Waals surface area contributed by atoms with E-state index >= 15 is 0 Å². The van der Waals surface area contributed by atoms with Crippen LogP contribution in [0.25, 0.3) is 0 Å². The van der Waals surface area contributed by atoms with Crippen LogP contribution in [0, 0.1) is 11.7 Å². The Morgan fingerprint density at radius 2 is 2.27 bits per heavy atom. The first-order valence-corrected chi connectivity index (χ1v) is 8.51. The third kappa shape index (κ3) is 3.82. The van der Waals surface area contributed by atoms with E-state index in [9.17, 15) is 17.6 Å². The molecule has 0 bridgehead atoms. The number of ether oxygens (including phenoxy) is 1. The van der Waals surface area contributed by atoms with Crippen molar-refractivity contribution in [2.45, 2.75) is 17.7 Å². The van der Waals surface area contributed by atoms with E-state index in [1.54, 1.807) is 0 Å². The number of carbonyl (C=O) groups excluding carboxylic acids is 1. The first kappa shape index (κ1) is 16.9. The summed E-state index contributed by atoms with van der Waals surface area (Å²) in [4.78, 5) is 11.2. The first-order valence-electron chi connectivity index (χ1n) is 7.03. The quantitative estimate of drug-likeness (QED) is 0.783. The van der Waals surface area contributed by atoms with Gasteiger partial charge in [0, 0.05) is 6.54 Å². The van der Waals surface area contributed by atoms with Crippen molar-refractivity contribution in [1.29, 1.82) is 0 Å². The normalized spacial score (nSPS) is 18.9. The third-order valence-electron chi connectivity index (χ3n) is 3.62. The third-order valence-corrected chi connectivity index (χ3v) is 5.08. The Bertz CT molecular complexity index is 642. The number of hydrogen-bond donors (Lipinski definition) is 2. The van der Waals surface area contributed by atoms with Crippen LogP contribution in [-0.2, 0) is 14.8 Å². The highest BCUT2D eigenvalue weighted by molar-refractivity contribution is 7.89. The zero-order valence-electron chi connectivity index (χ0n) is 12.3. The number of piperidine rings is 1. The van der Waals surface area contributed by atoms with Gasteiger partial charge in [-0.2, -0.15) is 0 Å². The van der Waals surface area contributed by atoms with Gasteiger partial charge in [0.1, 0.15) is 11.4 Å². The van der Waals surface area contributed by atoms with Crippen LogP contribution in [0.3, 0.4) is 0 Å². The van der Waals surface area contributed by atoms with Gasteiger partial charge < -0.3 is 10.1 Å². The van der Waals surface area contributed by atoms with E-state index in [0.29, 0.717) is 0 Å². The van der Waals surface area contributed by atoms with E-state index in [4.69, 9.17) is 0 Å². The van der Waals surface area contributed by atoms with Gasteiger partial charge in [-0.25, -0.2) is 22.3 Å². The lowest BCUT2D eigenvalue weighted by molar-refractivity contribution is 0.0590. The Morgan fingerprint density at radius 3 is 2.91 bits per heavy atom. The lowest BCUT2D eigenvalue weighted by Gasteiger charge is -2.23. The number of rotatable bonds is 5. The summed E-state index contributed by atoms with van der Waals surface area (Å²) in [5.74, 6) is -1.76. The van der Waals surface area contributed by atoms with Crippen LogP contribution >= 0.6 is 0 Å². The smallest absolute Gasteiger partial charge is 0.342 e. The van der Waals surface area contributed by atoms with Crippen molar-refractivity contribution in [3.63, 3.8) is 0 Å². The van der Waals surface area contributed by atoms with Crippen molar-refractivity contribution in [1.82, 2.24) is 10.0 Å².